The van der Waals surface area contributed by atoms with Crippen molar-refractivity contribution in [3.8, 4) is 0 Å². The number of rotatable bonds is 13. The first-order chi connectivity index (χ1) is 18.0. The quantitative estimate of drug-likeness (QED) is 0.177. The summed E-state index contributed by atoms with van der Waals surface area (Å²) in [6, 6.07) is 13.8. The van der Waals surface area contributed by atoms with Crippen molar-refractivity contribution in [2.24, 2.45) is 0 Å². The summed E-state index contributed by atoms with van der Waals surface area (Å²) in [4.78, 5) is 0. The fraction of sp³-hybridized carbons (Fsp3) is 0.529. The topological polar surface area (TPSA) is 25.3 Å². The molecule has 1 heterocycles. The number of benzene rings is 2. The third-order valence-corrected chi connectivity index (χ3v) is 6.98. The Kier molecular flexibility index (Phi) is 14.2. The van der Waals surface area contributed by atoms with E-state index in [-0.39, 0.29) is 0 Å². The van der Waals surface area contributed by atoms with Gasteiger partial charge in [0, 0.05) is 22.8 Å². The van der Waals surface area contributed by atoms with Crippen LogP contribution >= 0.6 is 0 Å². The van der Waals surface area contributed by atoms with E-state index in [0.717, 1.165) is 67.5 Å². The van der Waals surface area contributed by atoms with Gasteiger partial charge in [0.05, 0.1) is 0 Å². The fourth-order valence-corrected chi connectivity index (χ4v) is 4.89. The molecular weight excluding hydrogens is 495 g/mol. The summed E-state index contributed by atoms with van der Waals surface area (Å²) >= 11 is 1.62. The van der Waals surface area contributed by atoms with Gasteiger partial charge in [-0.3, -0.25) is 0 Å². The number of unbranched alkanes of at least 4 members (excludes halogenated alkanes) is 3. The van der Waals surface area contributed by atoms with Gasteiger partial charge in [-0.1, -0.05) is 66.0 Å². The van der Waals surface area contributed by atoms with E-state index in [4.69, 9.17) is 0 Å². The molecular formula is C34H50N2Ni. The average molecular weight is 545 g/mol. The molecule has 0 spiro atoms. The van der Waals surface area contributed by atoms with Gasteiger partial charge in [-0.25, -0.2) is 4.70 Å². The maximum absolute atomic E-state index is 11.6. The molecule has 3 rings (SSSR count). The predicted octanol–water partition coefficient (Wildman–Crippen LogP) is 10.7. The minimum absolute atomic E-state index is 0.922. The molecule has 0 unspecified atom stereocenters. The SMILES string of the molecule is CCCCC1=C(c2cc(CC)cc(CCCC)c2)[N+](=[N-])C(c2cc(CC)cc(CCCC)c2)=C1.[CH3][Ni][CH3]. The van der Waals surface area contributed by atoms with E-state index in [1.807, 2.05) is 0 Å². The molecule has 2 nitrogen and oxygen atoms in total. The molecule has 0 fully saturated rings. The van der Waals surface area contributed by atoms with E-state index in [1.54, 1.807) is 14.4 Å². The van der Waals surface area contributed by atoms with Gasteiger partial charge in [-0.05, 0) is 97.9 Å². The first kappa shape index (κ1) is 31.2. The monoisotopic (exact) mass is 544 g/mol. The molecule has 37 heavy (non-hydrogen) atoms. The number of aryl methyl sites for hydroxylation is 4. The van der Waals surface area contributed by atoms with Crippen LogP contribution in [0.5, 0.6) is 0 Å². The van der Waals surface area contributed by atoms with Gasteiger partial charge >= 0.3 is 26.2 Å². The van der Waals surface area contributed by atoms with Crippen molar-refractivity contribution >= 4 is 11.4 Å². The first-order valence-electron chi connectivity index (χ1n) is 14.4. The molecule has 2 aromatic rings. The van der Waals surface area contributed by atoms with E-state index in [2.05, 4.69) is 88.9 Å². The summed E-state index contributed by atoms with van der Waals surface area (Å²) in [6.07, 6.45) is 14.5. The maximum atomic E-state index is 11.6. The van der Waals surface area contributed by atoms with Crippen molar-refractivity contribution in [2.75, 3.05) is 0 Å². The molecule has 0 radical (unpaired) electrons. The van der Waals surface area contributed by atoms with Gasteiger partial charge in [0.25, 0.3) is 0 Å². The second-order valence-corrected chi connectivity index (χ2v) is 11.1. The predicted molar refractivity (Wildman–Crippen MR) is 159 cm³/mol. The van der Waals surface area contributed by atoms with Crippen molar-refractivity contribution in [1.29, 1.82) is 0 Å². The molecule has 0 aromatic heterocycles. The van der Waals surface area contributed by atoms with Gasteiger partial charge in [0.15, 0.2) is 0 Å². The summed E-state index contributed by atoms with van der Waals surface area (Å²) < 4.78 is 1.49. The van der Waals surface area contributed by atoms with Crippen LogP contribution in [0, 0.1) is 0 Å². The van der Waals surface area contributed by atoms with Crippen LogP contribution in [-0.2, 0) is 40.1 Å². The Morgan fingerprint density at radius 3 is 1.54 bits per heavy atom. The van der Waals surface area contributed by atoms with Crippen LogP contribution in [0.25, 0.3) is 16.9 Å². The Labute approximate surface area is 234 Å². The van der Waals surface area contributed by atoms with E-state index in [9.17, 15) is 5.53 Å². The molecule has 206 valence electrons. The Morgan fingerprint density at radius 2 is 1.05 bits per heavy atom. The third kappa shape index (κ3) is 9.06. The van der Waals surface area contributed by atoms with Crippen molar-refractivity contribution in [2.45, 2.75) is 117 Å². The molecule has 0 saturated carbocycles. The third-order valence-electron chi connectivity index (χ3n) is 6.98. The molecule has 1 aliphatic heterocycles. The van der Waals surface area contributed by atoms with Gasteiger partial charge in [0.1, 0.15) is 0 Å². The Bertz CT molecular complexity index is 1080. The molecule has 0 aliphatic carbocycles. The second-order valence-electron chi connectivity index (χ2n) is 10.1. The summed E-state index contributed by atoms with van der Waals surface area (Å²) in [7, 11) is 0. The van der Waals surface area contributed by atoms with Gasteiger partial charge in [-0.15, -0.1) is 0 Å². The van der Waals surface area contributed by atoms with E-state index in [0.29, 0.717) is 0 Å². The molecule has 0 N–H and O–H groups in total. The molecule has 3 heteroatoms. The second kappa shape index (κ2) is 16.8. The molecule has 0 atom stereocenters. The summed E-state index contributed by atoms with van der Waals surface area (Å²) in [5, 5.41) is 0. The van der Waals surface area contributed by atoms with Crippen molar-refractivity contribution in [3.05, 3.63) is 87.0 Å². The molecule has 1 aliphatic rings. The van der Waals surface area contributed by atoms with Gasteiger partial charge < -0.3 is 5.53 Å². The summed E-state index contributed by atoms with van der Waals surface area (Å²) in [6.45, 7) is 11.2. The van der Waals surface area contributed by atoms with Gasteiger partial charge in [-0.2, -0.15) is 0 Å². The normalized spacial score (nSPS) is 13.2. The summed E-state index contributed by atoms with van der Waals surface area (Å²) in [5.41, 5.74) is 22.5. The molecule has 2 aromatic carbocycles. The standard InChI is InChI=1S/C32H44N2.2CH3.Ni/c1-6-11-14-26-17-24(9-4)19-29(21-26)31-23-28(16-13-8-3)32(34(31)33)30-20-25(10-5)18-27(22-30)15-12-7-2;;;/h17-23H,6-16H2,1-5H3;2*1H3;. The zero-order valence-electron chi connectivity index (χ0n) is 24.5. The van der Waals surface area contributed by atoms with E-state index in [1.165, 1.54) is 58.2 Å². The molecule has 0 saturated heterocycles. The summed E-state index contributed by atoms with van der Waals surface area (Å²) in [5.74, 6) is 4.12. The van der Waals surface area contributed by atoms with E-state index >= 15 is 0 Å². The zero-order valence-corrected chi connectivity index (χ0v) is 25.5. The zero-order chi connectivity index (χ0) is 27.2. The van der Waals surface area contributed by atoms with Gasteiger partial charge in [0.2, 0.25) is 11.4 Å². The molecule has 0 bridgehead atoms. The van der Waals surface area contributed by atoms with Crippen LogP contribution < -0.4 is 0 Å². The van der Waals surface area contributed by atoms with Crippen LogP contribution in [0.1, 0.15) is 113 Å². The van der Waals surface area contributed by atoms with Crippen LogP contribution in [0.3, 0.4) is 0 Å². The van der Waals surface area contributed by atoms with Crippen molar-refractivity contribution in [3.63, 3.8) is 0 Å². The number of hydrogen-bond acceptors (Lipinski definition) is 0. The van der Waals surface area contributed by atoms with Crippen LogP contribution in [0.2, 0.25) is 11.8 Å². The Hall–Kier alpha value is -1.99. The minimum atomic E-state index is 0.922. The number of hydrogen-bond donors (Lipinski definition) is 0. The van der Waals surface area contributed by atoms with Crippen LogP contribution in [-0.4, -0.2) is 4.70 Å². The van der Waals surface area contributed by atoms with Crippen molar-refractivity contribution in [1.82, 2.24) is 0 Å². The number of allylic oxidation sites excluding steroid dienone is 2. The van der Waals surface area contributed by atoms with Crippen LogP contribution in [0.15, 0.2) is 48.0 Å². The van der Waals surface area contributed by atoms with Crippen LogP contribution in [0.4, 0.5) is 0 Å². The Balaban J connectivity index is 0.00000153. The first-order valence-corrected chi connectivity index (χ1v) is 16.3. The molecule has 0 amide bonds. The Morgan fingerprint density at radius 1 is 0.622 bits per heavy atom. The number of nitrogens with zero attached hydrogens (tertiary/aromatic N) is 2. The van der Waals surface area contributed by atoms with Crippen molar-refractivity contribution < 1.29 is 19.1 Å². The fourth-order valence-electron chi connectivity index (χ4n) is 4.89. The van der Waals surface area contributed by atoms with E-state index < -0.39 is 0 Å². The average Bonchev–Trinajstić information content (AvgIpc) is 3.25.